The van der Waals surface area contributed by atoms with E-state index in [9.17, 15) is 0 Å². The Morgan fingerprint density at radius 2 is 0.943 bits per heavy atom. The highest BCUT2D eigenvalue weighted by molar-refractivity contribution is 5.73. The second-order valence-corrected chi connectivity index (χ2v) is 9.56. The number of nitrogens with two attached hydrogens (primary N) is 4. The van der Waals surface area contributed by atoms with Crippen molar-refractivity contribution in [2.24, 2.45) is 22.9 Å². The Hall–Kier alpha value is -3.31. The summed E-state index contributed by atoms with van der Waals surface area (Å²) < 4.78 is 0. The minimum Gasteiger partial charge on any atom is -0.338 e. The lowest BCUT2D eigenvalue weighted by Crippen LogP contribution is -2.54. The van der Waals surface area contributed by atoms with Crippen molar-refractivity contribution < 1.29 is 0 Å². The van der Waals surface area contributed by atoms with E-state index in [0.29, 0.717) is 44.0 Å². The van der Waals surface area contributed by atoms with Crippen LogP contribution >= 0.6 is 0 Å². The third-order valence-electron chi connectivity index (χ3n) is 6.43. The predicted octanol–water partition coefficient (Wildman–Crippen LogP) is 1.07. The number of benzene rings is 2. The van der Waals surface area contributed by atoms with Gasteiger partial charge in [0.15, 0.2) is 0 Å². The Morgan fingerprint density at radius 3 is 1.31 bits per heavy atom. The van der Waals surface area contributed by atoms with Gasteiger partial charge in [-0.25, -0.2) is 0 Å². The van der Waals surface area contributed by atoms with Gasteiger partial charge in [0.2, 0.25) is 17.8 Å². The number of hydrogen-bond acceptors (Lipinski definition) is 10. The molecule has 2 aliphatic rings. The van der Waals surface area contributed by atoms with E-state index in [2.05, 4.69) is 9.80 Å². The first-order valence-electron chi connectivity index (χ1n) is 12.1. The van der Waals surface area contributed by atoms with Gasteiger partial charge in [-0.05, 0) is 37.1 Å². The van der Waals surface area contributed by atoms with Crippen molar-refractivity contribution in [2.75, 3.05) is 40.9 Å². The summed E-state index contributed by atoms with van der Waals surface area (Å²) in [5.74, 6) is 1.63. The maximum atomic E-state index is 6.30. The number of anilines is 5. The van der Waals surface area contributed by atoms with Gasteiger partial charge in [-0.2, -0.15) is 15.0 Å². The normalized spacial score (nSPS) is 24.9. The maximum Gasteiger partial charge on any atom is 0.241 e. The fourth-order valence-corrected chi connectivity index (χ4v) is 4.94. The van der Waals surface area contributed by atoms with Crippen molar-refractivity contribution in [1.29, 1.82) is 0 Å². The molecule has 2 saturated heterocycles. The maximum absolute atomic E-state index is 6.30. The zero-order valence-electron chi connectivity index (χ0n) is 19.8. The molecule has 10 heteroatoms. The van der Waals surface area contributed by atoms with Gasteiger partial charge in [-0.3, -0.25) is 4.90 Å². The topological polar surface area (TPSA) is 152 Å². The van der Waals surface area contributed by atoms with E-state index < -0.39 is 0 Å². The van der Waals surface area contributed by atoms with Gasteiger partial charge in [-0.15, -0.1) is 0 Å². The Bertz CT molecular complexity index is 1010. The molecule has 184 valence electrons. The molecule has 35 heavy (non-hydrogen) atoms. The summed E-state index contributed by atoms with van der Waals surface area (Å²) >= 11 is 0. The van der Waals surface area contributed by atoms with Gasteiger partial charge in [0, 0.05) is 61.7 Å². The van der Waals surface area contributed by atoms with E-state index in [1.54, 1.807) is 0 Å². The summed E-state index contributed by atoms with van der Waals surface area (Å²) in [6.45, 7) is 2.52. The van der Waals surface area contributed by atoms with Crippen molar-refractivity contribution in [3.63, 3.8) is 0 Å². The second-order valence-electron chi connectivity index (χ2n) is 9.56. The van der Waals surface area contributed by atoms with Crippen LogP contribution in [0.5, 0.6) is 0 Å². The summed E-state index contributed by atoms with van der Waals surface area (Å²) in [6, 6.07) is 20.0. The summed E-state index contributed by atoms with van der Waals surface area (Å²) in [6.07, 6.45) is 1.55. The predicted molar refractivity (Wildman–Crippen MR) is 140 cm³/mol. The fraction of sp³-hybridized carbons (Fsp3) is 0.400. The summed E-state index contributed by atoms with van der Waals surface area (Å²) in [7, 11) is 0. The lowest BCUT2D eigenvalue weighted by molar-refractivity contribution is 0.441. The van der Waals surface area contributed by atoms with Crippen LogP contribution in [0.25, 0.3) is 0 Å². The standard InChI is InChI=1S/C25H34N10/c26-17-11-18(27)14-33(13-17)23-30-24(34-15-19(28)12-20(29)16-34)32-25(31-23)35(21-7-3-1-4-8-21)22-9-5-2-6-10-22/h1-10,17-20H,11-16,26-29H2/t17-,18+,19-,20+. The van der Waals surface area contributed by atoms with Crippen molar-refractivity contribution in [3.8, 4) is 0 Å². The van der Waals surface area contributed by atoms with Gasteiger partial charge in [0.25, 0.3) is 0 Å². The van der Waals surface area contributed by atoms with E-state index in [1.807, 2.05) is 65.6 Å². The van der Waals surface area contributed by atoms with E-state index >= 15 is 0 Å². The van der Waals surface area contributed by atoms with Crippen LogP contribution in [0.2, 0.25) is 0 Å². The van der Waals surface area contributed by atoms with Crippen LogP contribution < -0.4 is 37.6 Å². The first-order valence-corrected chi connectivity index (χ1v) is 12.1. The van der Waals surface area contributed by atoms with Crippen molar-refractivity contribution in [2.45, 2.75) is 37.0 Å². The molecular formula is C25H34N10. The molecule has 0 spiro atoms. The highest BCUT2D eigenvalue weighted by Crippen LogP contribution is 2.34. The van der Waals surface area contributed by atoms with Crippen molar-refractivity contribution in [1.82, 2.24) is 15.0 Å². The smallest absolute Gasteiger partial charge is 0.241 e. The zero-order chi connectivity index (χ0) is 24.4. The Balaban J connectivity index is 1.63. The van der Waals surface area contributed by atoms with E-state index in [-0.39, 0.29) is 24.2 Å². The number of nitrogens with zero attached hydrogens (tertiary/aromatic N) is 6. The minimum atomic E-state index is -0.0430. The first-order chi connectivity index (χ1) is 17.0. The van der Waals surface area contributed by atoms with Crippen LogP contribution in [-0.2, 0) is 0 Å². The molecule has 2 aliphatic heterocycles. The molecule has 0 saturated carbocycles. The highest BCUT2D eigenvalue weighted by Gasteiger charge is 2.30. The van der Waals surface area contributed by atoms with Crippen LogP contribution in [0.15, 0.2) is 60.7 Å². The monoisotopic (exact) mass is 474 g/mol. The Kier molecular flexibility index (Phi) is 6.78. The van der Waals surface area contributed by atoms with Crippen LogP contribution in [0.4, 0.5) is 29.2 Å². The zero-order valence-corrected chi connectivity index (χ0v) is 19.8. The van der Waals surface area contributed by atoms with Crippen LogP contribution in [-0.4, -0.2) is 65.3 Å². The average Bonchev–Trinajstić information content (AvgIpc) is 2.84. The molecule has 4 atom stereocenters. The third kappa shape index (κ3) is 5.35. The lowest BCUT2D eigenvalue weighted by Gasteiger charge is -2.37. The van der Waals surface area contributed by atoms with Gasteiger partial charge in [0.05, 0.1) is 0 Å². The molecule has 0 unspecified atom stereocenters. The molecule has 0 amide bonds. The molecule has 10 nitrogen and oxygen atoms in total. The fourth-order valence-electron chi connectivity index (χ4n) is 4.94. The molecule has 8 N–H and O–H groups in total. The third-order valence-corrected chi connectivity index (χ3v) is 6.43. The minimum absolute atomic E-state index is 0.0430. The number of hydrogen-bond donors (Lipinski definition) is 4. The quantitative estimate of drug-likeness (QED) is 0.422. The molecule has 2 fully saturated rings. The molecule has 0 aliphatic carbocycles. The van der Waals surface area contributed by atoms with Crippen LogP contribution in [0.1, 0.15) is 12.8 Å². The SMILES string of the molecule is N[C@@H]1C[C@H](N)CN(c2nc(N3C[C@H](N)C[C@H](N)C3)nc(N(c3ccccc3)c3ccccc3)n2)C1. The number of para-hydroxylation sites is 2. The molecule has 3 aromatic rings. The van der Waals surface area contributed by atoms with E-state index in [0.717, 1.165) is 24.2 Å². The summed E-state index contributed by atoms with van der Waals surface area (Å²) in [5.41, 5.74) is 27.1. The second kappa shape index (κ2) is 10.1. The molecule has 2 aromatic carbocycles. The molecule has 0 radical (unpaired) electrons. The van der Waals surface area contributed by atoms with Crippen molar-refractivity contribution >= 4 is 29.2 Å². The van der Waals surface area contributed by atoms with Crippen molar-refractivity contribution in [3.05, 3.63) is 60.7 Å². The Labute approximate surface area is 205 Å². The average molecular weight is 475 g/mol. The molecule has 5 rings (SSSR count). The van der Waals surface area contributed by atoms with Crippen LogP contribution in [0, 0.1) is 0 Å². The Morgan fingerprint density at radius 1 is 0.571 bits per heavy atom. The van der Waals surface area contributed by atoms with Gasteiger partial charge in [-0.1, -0.05) is 36.4 Å². The molecule has 3 heterocycles. The van der Waals surface area contributed by atoms with Gasteiger partial charge in [0.1, 0.15) is 0 Å². The van der Waals surface area contributed by atoms with Gasteiger partial charge >= 0.3 is 0 Å². The van der Waals surface area contributed by atoms with Gasteiger partial charge < -0.3 is 32.7 Å². The van der Waals surface area contributed by atoms with E-state index in [4.69, 9.17) is 37.9 Å². The molecular weight excluding hydrogens is 440 g/mol. The largest absolute Gasteiger partial charge is 0.338 e. The molecule has 1 aromatic heterocycles. The highest BCUT2D eigenvalue weighted by atomic mass is 15.4. The lowest BCUT2D eigenvalue weighted by atomic mass is 10.0. The molecule has 0 bridgehead atoms. The van der Waals surface area contributed by atoms with Crippen LogP contribution in [0.3, 0.4) is 0 Å². The summed E-state index contributed by atoms with van der Waals surface area (Å²) in [4.78, 5) is 20.9. The number of rotatable bonds is 5. The first kappa shape index (κ1) is 23.4. The van der Waals surface area contributed by atoms with E-state index in [1.165, 1.54) is 0 Å². The number of piperidine rings is 2. The summed E-state index contributed by atoms with van der Waals surface area (Å²) in [5, 5.41) is 0. The number of aromatic nitrogens is 3.